The van der Waals surface area contributed by atoms with E-state index in [4.69, 9.17) is 0 Å². The molecule has 0 spiro atoms. The minimum atomic E-state index is -0.145. The van der Waals surface area contributed by atoms with Crippen molar-refractivity contribution in [1.82, 2.24) is 10.2 Å². The lowest BCUT2D eigenvalue weighted by atomic mass is 9.92. The first-order valence-corrected chi connectivity index (χ1v) is 7.38. The van der Waals surface area contributed by atoms with E-state index in [2.05, 4.69) is 10.2 Å². The van der Waals surface area contributed by atoms with Gasteiger partial charge in [-0.2, -0.15) is 0 Å². The Bertz CT molecular complexity index is 214. The van der Waals surface area contributed by atoms with Gasteiger partial charge in [0.05, 0.1) is 6.10 Å². The van der Waals surface area contributed by atoms with Gasteiger partial charge in [0.25, 0.3) is 0 Å². The van der Waals surface area contributed by atoms with E-state index in [-0.39, 0.29) is 6.10 Å². The van der Waals surface area contributed by atoms with Gasteiger partial charge in [0.2, 0.25) is 0 Å². The van der Waals surface area contributed by atoms with Crippen LogP contribution < -0.4 is 5.32 Å². The summed E-state index contributed by atoms with van der Waals surface area (Å²) in [5.74, 6) is 0.880. The largest absolute Gasteiger partial charge is 0.393 e. The van der Waals surface area contributed by atoms with E-state index in [1.54, 1.807) is 0 Å². The van der Waals surface area contributed by atoms with E-state index in [0.29, 0.717) is 6.04 Å². The molecule has 2 fully saturated rings. The molecule has 2 aliphatic heterocycles. The molecule has 3 nitrogen and oxygen atoms in total. The van der Waals surface area contributed by atoms with Crippen LogP contribution in [0.4, 0.5) is 0 Å². The zero-order valence-corrected chi connectivity index (χ0v) is 11.2. The van der Waals surface area contributed by atoms with Crippen LogP contribution in [0.1, 0.15) is 45.4 Å². The van der Waals surface area contributed by atoms with Crippen molar-refractivity contribution in [3.05, 3.63) is 0 Å². The summed E-state index contributed by atoms with van der Waals surface area (Å²) in [6.07, 6.45) is 7.46. The van der Waals surface area contributed by atoms with Crippen molar-refractivity contribution in [2.45, 2.75) is 57.6 Å². The Morgan fingerprint density at radius 2 is 2.00 bits per heavy atom. The summed E-state index contributed by atoms with van der Waals surface area (Å²) in [5, 5.41) is 13.0. The number of aliphatic hydroxyl groups is 1. The molecule has 0 radical (unpaired) electrons. The second-order valence-corrected chi connectivity index (χ2v) is 5.92. The van der Waals surface area contributed by atoms with Gasteiger partial charge in [0.15, 0.2) is 0 Å². The first-order valence-electron chi connectivity index (χ1n) is 7.38. The summed E-state index contributed by atoms with van der Waals surface area (Å²) in [5.41, 5.74) is 0. The molecular weight excluding hydrogens is 212 g/mol. The van der Waals surface area contributed by atoms with E-state index < -0.39 is 0 Å². The summed E-state index contributed by atoms with van der Waals surface area (Å²) in [6.45, 7) is 6.83. The van der Waals surface area contributed by atoms with Crippen LogP contribution in [0.15, 0.2) is 0 Å². The fourth-order valence-corrected chi connectivity index (χ4v) is 3.36. The minimum Gasteiger partial charge on any atom is -0.393 e. The van der Waals surface area contributed by atoms with Crippen molar-refractivity contribution in [3.63, 3.8) is 0 Å². The van der Waals surface area contributed by atoms with Crippen molar-refractivity contribution in [2.24, 2.45) is 5.92 Å². The molecule has 0 aliphatic carbocycles. The van der Waals surface area contributed by atoms with Gasteiger partial charge in [-0.15, -0.1) is 0 Å². The number of nitrogens with zero attached hydrogens (tertiary/aromatic N) is 1. The lowest BCUT2D eigenvalue weighted by molar-refractivity contribution is 0.0706. The SMILES string of the molecule is CC(O)CC1CCCCN1CC1CCNCC1. The number of nitrogens with one attached hydrogen (secondary N) is 1. The number of rotatable bonds is 4. The predicted molar refractivity (Wildman–Crippen MR) is 71.1 cm³/mol. The molecule has 17 heavy (non-hydrogen) atoms. The van der Waals surface area contributed by atoms with E-state index in [9.17, 15) is 5.11 Å². The van der Waals surface area contributed by atoms with Gasteiger partial charge in [-0.1, -0.05) is 6.42 Å². The number of hydrogen-bond acceptors (Lipinski definition) is 3. The van der Waals surface area contributed by atoms with Crippen molar-refractivity contribution in [2.75, 3.05) is 26.2 Å². The summed E-state index contributed by atoms with van der Waals surface area (Å²) >= 11 is 0. The monoisotopic (exact) mass is 240 g/mol. The third kappa shape index (κ3) is 4.23. The van der Waals surface area contributed by atoms with Crippen molar-refractivity contribution >= 4 is 0 Å². The first-order chi connectivity index (χ1) is 8.25. The molecule has 0 aromatic rings. The maximum atomic E-state index is 9.59. The average Bonchev–Trinajstić information content (AvgIpc) is 2.32. The van der Waals surface area contributed by atoms with Crippen LogP contribution >= 0.6 is 0 Å². The zero-order chi connectivity index (χ0) is 12.1. The molecular formula is C14H28N2O. The van der Waals surface area contributed by atoms with Crippen LogP contribution in [-0.2, 0) is 0 Å². The van der Waals surface area contributed by atoms with Gasteiger partial charge < -0.3 is 15.3 Å². The highest BCUT2D eigenvalue weighted by Crippen LogP contribution is 2.24. The molecule has 2 aliphatic rings. The predicted octanol–water partition coefficient (Wildman–Crippen LogP) is 1.61. The van der Waals surface area contributed by atoms with E-state index in [1.807, 2.05) is 6.92 Å². The van der Waals surface area contributed by atoms with E-state index in [0.717, 1.165) is 12.3 Å². The van der Waals surface area contributed by atoms with Crippen LogP contribution in [-0.4, -0.2) is 48.3 Å². The Morgan fingerprint density at radius 3 is 2.71 bits per heavy atom. The number of piperidine rings is 2. The smallest absolute Gasteiger partial charge is 0.0527 e. The molecule has 100 valence electrons. The van der Waals surface area contributed by atoms with Gasteiger partial charge in [-0.25, -0.2) is 0 Å². The molecule has 2 heterocycles. The average molecular weight is 240 g/mol. The maximum Gasteiger partial charge on any atom is 0.0527 e. The van der Waals surface area contributed by atoms with E-state index in [1.165, 1.54) is 58.3 Å². The summed E-state index contributed by atoms with van der Waals surface area (Å²) in [6, 6.07) is 0.638. The van der Waals surface area contributed by atoms with Crippen LogP contribution in [0.2, 0.25) is 0 Å². The molecule has 2 saturated heterocycles. The van der Waals surface area contributed by atoms with Crippen LogP contribution in [0.25, 0.3) is 0 Å². The van der Waals surface area contributed by atoms with Crippen LogP contribution in [0.5, 0.6) is 0 Å². The summed E-state index contributed by atoms with van der Waals surface area (Å²) in [7, 11) is 0. The normalized spacial score (nSPS) is 30.4. The third-order valence-corrected chi connectivity index (χ3v) is 4.31. The molecule has 2 unspecified atom stereocenters. The van der Waals surface area contributed by atoms with Crippen LogP contribution in [0.3, 0.4) is 0 Å². The van der Waals surface area contributed by atoms with Gasteiger partial charge >= 0.3 is 0 Å². The second-order valence-electron chi connectivity index (χ2n) is 5.92. The molecule has 0 aromatic heterocycles. The van der Waals surface area contributed by atoms with Gasteiger partial charge in [0, 0.05) is 12.6 Å². The zero-order valence-electron chi connectivity index (χ0n) is 11.2. The molecule has 2 atom stereocenters. The molecule has 2 N–H and O–H groups in total. The van der Waals surface area contributed by atoms with Gasteiger partial charge in [-0.3, -0.25) is 0 Å². The van der Waals surface area contributed by atoms with Crippen molar-refractivity contribution in [1.29, 1.82) is 0 Å². The third-order valence-electron chi connectivity index (χ3n) is 4.31. The van der Waals surface area contributed by atoms with Crippen LogP contribution in [0, 0.1) is 5.92 Å². The summed E-state index contributed by atoms with van der Waals surface area (Å²) in [4.78, 5) is 2.66. The lowest BCUT2D eigenvalue weighted by Crippen LogP contribution is -2.45. The number of hydrogen-bond donors (Lipinski definition) is 2. The molecule has 0 bridgehead atoms. The quantitative estimate of drug-likeness (QED) is 0.784. The van der Waals surface area contributed by atoms with E-state index >= 15 is 0 Å². The second kappa shape index (κ2) is 6.72. The Labute approximate surface area is 106 Å². The fourth-order valence-electron chi connectivity index (χ4n) is 3.36. The van der Waals surface area contributed by atoms with Gasteiger partial charge in [0.1, 0.15) is 0 Å². The Kier molecular flexibility index (Phi) is 5.26. The molecule has 2 rings (SSSR count). The maximum absolute atomic E-state index is 9.59. The highest BCUT2D eigenvalue weighted by Gasteiger charge is 2.26. The molecule has 0 saturated carbocycles. The molecule has 3 heteroatoms. The molecule has 0 aromatic carbocycles. The summed E-state index contributed by atoms with van der Waals surface area (Å²) < 4.78 is 0. The highest BCUT2D eigenvalue weighted by atomic mass is 16.3. The Morgan fingerprint density at radius 1 is 1.24 bits per heavy atom. The number of aliphatic hydroxyl groups excluding tert-OH is 1. The standard InChI is InChI=1S/C14H28N2O/c1-12(17)10-14-4-2-3-9-16(14)11-13-5-7-15-8-6-13/h12-15,17H,2-11H2,1H3. The minimum absolute atomic E-state index is 0.145. The lowest BCUT2D eigenvalue weighted by Gasteiger charge is -2.39. The van der Waals surface area contributed by atoms with Crippen molar-refractivity contribution < 1.29 is 5.11 Å². The topological polar surface area (TPSA) is 35.5 Å². The highest BCUT2D eigenvalue weighted by molar-refractivity contribution is 4.81. The number of likely N-dealkylation sites (tertiary alicyclic amines) is 1. The van der Waals surface area contributed by atoms with Crippen molar-refractivity contribution in [3.8, 4) is 0 Å². The Hall–Kier alpha value is -0.120. The Balaban J connectivity index is 1.82. The first kappa shape index (κ1) is 13.3. The molecule has 0 amide bonds. The fraction of sp³-hybridized carbons (Fsp3) is 1.00. The van der Waals surface area contributed by atoms with Gasteiger partial charge in [-0.05, 0) is 64.6 Å².